The number of fused-ring (bicyclic) bond motifs is 7. The maximum absolute atomic E-state index is 13.4. The highest BCUT2D eigenvalue weighted by Crippen LogP contribution is 2.77. The number of ketones is 1. The SMILES string of the molecule is C=C1C[C@@H]2[C@@]3(C)C=C(C#N)C(=O)C(C)(C)[C@@H]3CC[C@@]2(C)[C@]2(C)CC[C@@]3(CNCc4cc(C)on4)CCC(C)(C)CC3C12. The van der Waals surface area contributed by atoms with E-state index < -0.39 is 5.41 Å². The van der Waals surface area contributed by atoms with Gasteiger partial charge in [-0.15, -0.1) is 0 Å². The van der Waals surface area contributed by atoms with Gasteiger partial charge in [0.1, 0.15) is 11.8 Å². The fraction of sp³-hybridized carbons (Fsp3) is 0.757. The fourth-order valence-electron chi connectivity index (χ4n) is 11.9. The molecule has 0 saturated heterocycles. The van der Waals surface area contributed by atoms with Gasteiger partial charge in [0.25, 0.3) is 0 Å². The summed E-state index contributed by atoms with van der Waals surface area (Å²) in [4.78, 5) is 13.4. The predicted octanol–water partition coefficient (Wildman–Crippen LogP) is 8.36. The number of carbonyl (C=O) groups excluding carboxylic acids is 1. The number of allylic oxidation sites excluding steroid dienone is 3. The van der Waals surface area contributed by atoms with Gasteiger partial charge in [0.05, 0.1) is 11.3 Å². The first-order valence-corrected chi connectivity index (χ1v) is 16.5. The van der Waals surface area contributed by atoms with Crippen LogP contribution in [0.15, 0.2) is 34.4 Å². The molecule has 0 bridgehead atoms. The van der Waals surface area contributed by atoms with E-state index in [4.69, 9.17) is 11.1 Å². The molecule has 4 fully saturated rings. The van der Waals surface area contributed by atoms with Crippen LogP contribution in [0.5, 0.6) is 0 Å². The van der Waals surface area contributed by atoms with Gasteiger partial charge in [0, 0.05) is 24.6 Å². The number of Topliss-reactive ketones (excluding diaryl/α,β-unsaturated/α-hetero) is 1. The normalized spacial score (nSPS) is 43.7. The van der Waals surface area contributed by atoms with Crippen molar-refractivity contribution >= 4 is 5.78 Å². The Kier molecular flexibility index (Phi) is 6.69. The second kappa shape index (κ2) is 9.40. The molecule has 8 atom stereocenters. The largest absolute Gasteiger partial charge is 0.361 e. The minimum atomic E-state index is -0.516. The van der Waals surface area contributed by atoms with Crippen LogP contribution >= 0.6 is 0 Å². The highest BCUT2D eigenvalue weighted by atomic mass is 16.5. The third-order valence-corrected chi connectivity index (χ3v) is 14.3. The van der Waals surface area contributed by atoms with Crippen LogP contribution in [0.25, 0.3) is 0 Å². The molecule has 6 rings (SSSR count). The van der Waals surface area contributed by atoms with Crippen molar-refractivity contribution < 1.29 is 9.32 Å². The lowest BCUT2D eigenvalue weighted by Gasteiger charge is -2.73. The van der Waals surface area contributed by atoms with Crippen LogP contribution in [0, 0.1) is 74.4 Å². The minimum Gasteiger partial charge on any atom is -0.361 e. The Labute approximate surface area is 254 Å². The average Bonchev–Trinajstić information content (AvgIpc) is 3.33. The Balaban J connectivity index is 1.37. The van der Waals surface area contributed by atoms with Crippen LogP contribution in [0.4, 0.5) is 0 Å². The molecule has 0 amide bonds. The van der Waals surface area contributed by atoms with Crippen LogP contribution in [0.3, 0.4) is 0 Å². The fourth-order valence-corrected chi connectivity index (χ4v) is 11.9. The molecule has 1 heterocycles. The van der Waals surface area contributed by atoms with Crippen molar-refractivity contribution in [3.8, 4) is 6.07 Å². The zero-order valence-corrected chi connectivity index (χ0v) is 27.5. The second-order valence-corrected chi connectivity index (χ2v) is 17.3. The molecule has 1 aromatic rings. The zero-order chi connectivity index (χ0) is 30.5. The van der Waals surface area contributed by atoms with Crippen molar-refractivity contribution in [2.75, 3.05) is 6.54 Å². The van der Waals surface area contributed by atoms with Crippen molar-refractivity contribution in [2.24, 2.45) is 56.2 Å². The molecule has 1 aromatic heterocycles. The van der Waals surface area contributed by atoms with Gasteiger partial charge < -0.3 is 9.84 Å². The van der Waals surface area contributed by atoms with Crippen molar-refractivity contribution in [2.45, 2.75) is 113 Å². The van der Waals surface area contributed by atoms with Gasteiger partial charge in [-0.25, -0.2) is 0 Å². The Hall–Kier alpha value is -2.19. The molecule has 4 saturated carbocycles. The minimum absolute atomic E-state index is 0.0370. The molecule has 5 heteroatoms. The Bertz CT molecular complexity index is 1380. The molecule has 2 unspecified atom stereocenters. The van der Waals surface area contributed by atoms with Crippen LogP contribution in [0.2, 0.25) is 0 Å². The van der Waals surface area contributed by atoms with Crippen LogP contribution in [0.1, 0.15) is 111 Å². The molecule has 1 N–H and O–H groups in total. The molecule has 0 aliphatic heterocycles. The molecule has 0 radical (unpaired) electrons. The van der Waals surface area contributed by atoms with Crippen molar-refractivity contribution in [3.63, 3.8) is 0 Å². The van der Waals surface area contributed by atoms with E-state index in [9.17, 15) is 10.1 Å². The van der Waals surface area contributed by atoms with Crippen molar-refractivity contribution in [1.82, 2.24) is 10.5 Å². The number of aryl methyl sites for hydroxylation is 1. The van der Waals surface area contributed by atoms with Crippen LogP contribution < -0.4 is 5.32 Å². The molecule has 0 aromatic carbocycles. The van der Waals surface area contributed by atoms with E-state index in [2.05, 4.69) is 71.1 Å². The van der Waals surface area contributed by atoms with Gasteiger partial charge in [-0.3, -0.25) is 4.79 Å². The maximum Gasteiger partial charge on any atom is 0.178 e. The third kappa shape index (κ3) is 4.03. The summed E-state index contributed by atoms with van der Waals surface area (Å²) in [5.41, 5.74) is 2.94. The zero-order valence-electron chi connectivity index (χ0n) is 27.5. The molecule has 5 nitrogen and oxygen atoms in total. The number of aromatic nitrogens is 1. The average molecular weight is 572 g/mol. The van der Waals surface area contributed by atoms with Crippen molar-refractivity contribution in [3.05, 3.63) is 41.3 Å². The number of carbonyl (C=O) groups is 1. The number of nitriles is 1. The van der Waals surface area contributed by atoms with Gasteiger partial charge in [0.2, 0.25) is 0 Å². The van der Waals surface area contributed by atoms with Gasteiger partial charge in [-0.1, -0.05) is 71.9 Å². The highest BCUT2D eigenvalue weighted by molar-refractivity contribution is 6.04. The molecular weight excluding hydrogens is 518 g/mol. The Morgan fingerprint density at radius 1 is 1.05 bits per heavy atom. The smallest absolute Gasteiger partial charge is 0.178 e. The summed E-state index contributed by atoms with van der Waals surface area (Å²) in [7, 11) is 0. The van der Waals surface area contributed by atoms with Gasteiger partial charge in [-0.05, 0) is 109 Å². The molecule has 5 aliphatic rings. The quantitative estimate of drug-likeness (QED) is 0.367. The summed E-state index contributed by atoms with van der Waals surface area (Å²) in [6.45, 7) is 25.4. The van der Waals surface area contributed by atoms with E-state index in [1.807, 2.05) is 13.0 Å². The summed E-state index contributed by atoms with van der Waals surface area (Å²) >= 11 is 0. The number of hydrogen-bond donors (Lipinski definition) is 1. The summed E-state index contributed by atoms with van der Waals surface area (Å²) in [6.07, 6.45) is 11.6. The van der Waals surface area contributed by atoms with Gasteiger partial charge in [-0.2, -0.15) is 5.26 Å². The summed E-state index contributed by atoms with van der Waals surface area (Å²) in [5, 5.41) is 18.1. The van der Waals surface area contributed by atoms with Crippen LogP contribution in [-0.4, -0.2) is 17.5 Å². The number of rotatable bonds is 4. The molecule has 228 valence electrons. The van der Waals surface area contributed by atoms with Crippen LogP contribution in [-0.2, 0) is 11.3 Å². The molecular formula is C37H53N3O2. The lowest BCUT2D eigenvalue weighted by molar-refractivity contribution is -0.211. The monoisotopic (exact) mass is 571 g/mol. The Morgan fingerprint density at radius 2 is 1.76 bits per heavy atom. The van der Waals surface area contributed by atoms with E-state index in [0.29, 0.717) is 28.7 Å². The summed E-state index contributed by atoms with van der Waals surface area (Å²) in [5.74, 6) is 2.61. The highest BCUT2D eigenvalue weighted by Gasteiger charge is 2.70. The first-order valence-electron chi connectivity index (χ1n) is 16.5. The first kappa shape index (κ1) is 29.9. The third-order valence-electron chi connectivity index (χ3n) is 14.3. The lowest BCUT2D eigenvalue weighted by Crippen LogP contribution is -2.67. The second-order valence-electron chi connectivity index (χ2n) is 17.3. The summed E-state index contributed by atoms with van der Waals surface area (Å²) < 4.78 is 5.33. The van der Waals surface area contributed by atoms with E-state index >= 15 is 0 Å². The Morgan fingerprint density at radius 3 is 2.43 bits per heavy atom. The van der Waals surface area contributed by atoms with Crippen molar-refractivity contribution in [1.29, 1.82) is 5.26 Å². The standard InChI is InChI=1S/C37H53N3O2/c1-23-16-29-34(7)18-25(20-38)31(41)33(5,6)28(34)10-11-35(29,8)36(9)13-15-37(22-39-21-26-17-24(2)42-40-26)14-12-32(3,4)19-27(37)30(23)36/h17-18,27-30,39H,1,10-16,19,21-22H2,2-9H3/t27?,28-,29+,30?,34-,35+,36+,37+/m0/s1. The molecule has 0 spiro atoms. The lowest BCUT2D eigenvalue weighted by atomic mass is 9.31. The first-order chi connectivity index (χ1) is 19.5. The number of nitrogens with zero attached hydrogens (tertiary/aromatic N) is 2. The van der Waals surface area contributed by atoms with Gasteiger partial charge in [0.15, 0.2) is 5.78 Å². The van der Waals surface area contributed by atoms with Gasteiger partial charge >= 0.3 is 0 Å². The number of nitrogens with one attached hydrogen (secondary N) is 1. The maximum atomic E-state index is 13.4. The summed E-state index contributed by atoms with van der Waals surface area (Å²) in [6, 6.07) is 4.35. The predicted molar refractivity (Wildman–Crippen MR) is 166 cm³/mol. The molecule has 5 aliphatic carbocycles. The topological polar surface area (TPSA) is 78.9 Å². The molecule has 42 heavy (non-hydrogen) atoms. The van der Waals surface area contributed by atoms with E-state index in [1.54, 1.807) is 0 Å². The number of hydrogen-bond acceptors (Lipinski definition) is 5. The van der Waals surface area contributed by atoms with E-state index in [0.717, 1.165) is 43.8 Å². The van der Waals surface area contributed by atoms with E-state index in [1.165, 1.54) is 37.7 Å². The van der Waals surface area contributed by atoms with E-state index in [-0.39, 0.29) is 33.4 Å².